The highest BCUT2D eigenvalue weighted by molar-refractivity contribution is 7.99. The molecule has 23 heavy (non-hydrogen) atoms. The van der Waals surface area contributed by atoms with Crippen LogP contribution in [0.15, 0.2) is 18.2 Å². The van der Waals surface area contributed by atoms with Crippen molar-refractivity contribution in [2.45, 2.75) is 26.3 Å². The van der Waals surface area contributed by atoms with Gasteiger partial charge in [0.05, 0.1) is 0 Å². The van der Waals surface area contributed by atoms with Crippen LogP contribution < -0.4 is 16.0 Å². The average Bonchev–Trinajstić information content (AvgIpc) is 2.50. The molecule has 1 fully saturated rings. The van der Waals surface area contributed by atoms with E-state index in [2.05, 4.69) is 16.0 Å². The molecule has 1 aromatic carbocycles. The summed E-state index contributed by atoms with van der Waals surface area (Å²) in [5, 5.41) is 9.04. The Labute approximate surface area is 147 Å². The number of thioether (sulfide) groups is 1. The SMILES string of the molecule is CCNC(=O)c1ccc(C)c(NC(=O)CC2CSCCN2)c1.Cl. The number of aryl methyl sites for hydroxylation is 1. The Morgan fingerprint density at radius 2 is 2.17 bits per heavy atom. The fraction of sp³-hybridized carbons (Fsp3) is 0.500. The fourth-order valence-corrected chi connectivity index (χ4v) is 3.29. The van der Waals surface area contributed by atoms with Gasteiger partial charge in [0.1, 0.15) is 0 Å². The molecular weight excluding hydrogens is 334 g/mol. The summed E-state index contributed by atoms with van der Waals surface area (Å²) >= 11 is 1.87. The number of halogens is 1. The molecule has 1 heterocycles. The normalized spacial score (nSPS) is 17.0. The van der Waals surface area contributed by atoms with Crippen molar-refractivity contribution in [3.63, 3.8) is 0 Å². The zero-order chi connectivity index (χ0) is 15.9. The van der Waals surface area contributed by atoms with Crippen LogP contribution in [0.4, 0.5) is 5.69 Å². The van der Waals surface area contributed by atoms with Crippen LogP contribution >= 0.6 is 24.2 Å². The first-order chi connectivity index (χ1) is 10.6. The summed E-state index contributed by atoms with van der Waals surface area (Å²) in [6, 6.07) is 5.59. The molecule has 128 valence electrons. The maximum atomic E-state index is 12.2. The number of amides is 2. The van der Waals surface area contributed by atoms with E-state index in [1.54, 1.807) is 12.1 Å². The van der Waals surface area contributed by atoms with E-state index in [0.717, 1.165) is 23.6 Å². The van der Waals surface area contributed by atoms with Gasteiger partial charge in [-0.2, -0.15) is 11.8 Å². The number of nitrogens with one attached hydrogen (secondary N) is 3. The maximum absolute atomic E-state index is 12.2. The summed E-state index contributed by atoms with van der Waals surface area (Å²) in [7, 11) is 0. The van der Waals surface area contributed by atoms with Crippen molar-refractivity contribution in [3.05, 3.63) is 29.3 Å². The Bertz CT molecular complexity index is 548. The van der Waals surface area contributed by atoms with Gasteiger partial charge in [-0.15, -0.1) is 12.4 Å². The lowest BCUT2D eigenvalue weighted by Gasteiger charge is -2.22. The predicted molar refractivity (Wildman–Crippen MR) is 98.8 cm³/mol. The highest BCUT2D eigenvalue weighted by Gasteiger charge is 2.17. The smallest absolute Gasteiger partial charge is 0.251 e. The van der Waals surface area contributed by atoms with Crippen LogP contribution in [0.25, 0.3) is 0 Å². The lowest BCUT2D eigenvalue weighted by Crippen LogP contribution is -2.40. The highest BCUT2D eigenvalue weighted by atomic mass is 35.5. The molecule has 3 N–H and O–H groups in total. The summed E-state index contributed by atoms with van der Waals surface area (Å²) < 4.78 is 0. The first-order valence-corrected chi connectivity index (χ1v) is 8.75. The van der Waals surface area contributed by atoms with Gasteiger partial charge in [-0.25, -0.2) is 0 Å². The molecule has 1 aliphatic heterocycles. The Morgan fingerprint density at radius 1 is 1.39 bits per heavy atom. The van der Waals surface area contributed by atoms with Crippen molar-refractivity contribution in [1.29, 1.82) is 0 Å². The topological polar surface area (TPSA) is 70.2 Å². The minimum Gasteiger partial charge on any atom is -0.352 e. The molecule has 1 aliphatic rings. The Hall–Kier alpha value is -1.24. The second-order valence-electron chi connectivity index (χ2n) is 5.37. The summed E-state index contributed by atoms with van der Waals surface area (Å²) in [5.74, 6) is 1.93. The van der Waals surface area contributed by atoms with Gasteiger partial charge in [0, 0.05) is 48.3 Å². The minimum absolute atomic E-state index is 0. The van der Waals surface area contributed by atoms with E-state index < -0.39 is 0 Å². The monoisotopic (exact) mass is 357 g/mol. The van der Waals surface area contributed by atoms with Crippen LogP contribution in [0.2, 0.25) is 0 Å². The van der Waals surface area contributed by atoms with Crippen molar-refractivity contribution < 1.29 is 9.59 Å². The van der Waals surface area contributed by atoms with Gasteiger partial charge in [0.25, 0.3) is 5.91 Å². The van der Waals surface area contributed by atoms with Gasteiger partial charge in [-0.05, 0) is 31.5 Å². The predicted octanol–water partition coefficient (Wildman–Crippen LogP) is 2.20. The van der Waals surface area contributed by atoms with Crippen molar-refractivity contribution >= 4 is 41.7 Å². The molecule has 2 amide bonds. The van der Waals surface area contributed by atoms with E-state index >= 15 is 0 Å². The third-order valence-electron chi connectivity index (χ3n) is 3.54. The molecule has 0 bridgehead atoms. The Kier molecular flexibility index (Phi) is 8.44. The van der Waals surface area contributed by atoms with Crippen LogP contribution in [0.1, 0.15) is 29.3 Å². The van der Waals surface area contributed by atoms with Gasteiger partial charge in [-0.3, -0.25) is 9.59 Å². The molecule has 0 radical (unpaired) electrons. The van der Waals surface area contributed by atoms with E-state index in [0.29, 0.717) is 24.2 Å². The largest absolute Gasteiger partial charge is 0.352 e. The van der Waals surface area contributed by atoms with Crippen molar-refractivity contribution in [3.8, 4) is 0 Å². The van der Waals surface area contributed by atoms with Gasteiger partial charge < -0.3 is 16.0 Å². The number of rotatable bonds is 5. The molecule has 1 unspecified atom stereocenters. The number of benzene rings is 1. The van der Waals surface area contributed by atoms with E-state index in [1.807, 2.05) is 31.7 Å². The Balaban J connectivity index is 0.00000264. The van der Waals surface area contributed by atoms with Crippen molar-refractivity contribution in [2.75, 3.05) is 29.9 Å². The van der Waals surface area contributed by atoms with Crippen LogP contribution in [0.3, 0.4) is 0 Å². The third-order valence-corrected chi connectivity index (χ3v) is 4.67. The molecule has 1 aromatic rings. The fourth-order valence-electron chi connectivity index (χ4n) is 2.34. The Morgan fingerprint density at radius 3 is 2.83 bits per heavy atom. The molecule has 1 saturated heterocycles. The molecule has 0 saturated carbocycles. The molecule has 7 heteroatoms. The van der Waals surface area contributed by atoms with Gasteiger partial charge >= 0.3 is 0 Å². The number of carbonyl (C=O) groups is 2. The molecule has 1 atom stereocenters. The van der Waals surface area contributed by atoms with Gasteiger partial charge in [0.15, 0.2) is 0 Å². The quantitative estimate of drug-likeness (QED) is 0.755. The number of carbonyl (C=O) groups excluding carboxylic acids is 2. The van der Waals surface area contributed by atoms with E-state index in [-0.39, 0.29) is 30.3 Å². The molecule has 0 spiro atoms. The summed E-state index contributed by atoms with van der Waals surface area (Å²) in [4.78, 5) is 24.1. The van der Waals surface area contributed by atoms with Gasteiger partial charge in [-0.1, -0.05) is 6.07 Å². The molecule has 0 aromatic heterocycles. The second-order valence-corrected chi connectivity index (χ2v) is 6.52. The number of hydrogen-bond acceptors (Lipinski definition) is 4. The number of hydrogen-bond donors (Lipinski definition) is 3. The number of anilines is 1. The average molecular weight is 358 g/mol. The zero-order valence-corrected chi connectivity index (χ0v) is 15.1. The summed E-state index contributed by atoms with van der Waals surface area (Å²) in [6.45, 7) is 5.34. The molecular formula is C16H24ClN3O2S. The standard InChI is InChI=1S/C16H23N3O2S.ClH/c1-3-17-16(21)12-5-4-11(2)14(8-12)19-15(20)9-13-10-22-7-6-18-13;/h4-5,8,13,18H,3,6-7,9-10H2,1-2H3,(H,17,21)(H,19,20);1H. The maximum Gasteiger partial charge on any atom is 0.251 e. The highest BCUT2D eigenvalue weighted by Crippen LogP contribution is 2.18. The van der Waals surface area contributed by atoms with Crippen molar-refractivity contribution in [1.82, 2.24) is 10.6 Å². The van der Waals surface area contributed by atoms with Crippen LogP contribution in [-0.4, -0.2) is 42.5 Å². The summed E-state index contributed by atoms with van der Waals surface area (Å²) in [6.07, 6.45) is 0.456. The van der Waals surface area contributed by atoms with Crippen LogP contribution in [0.5, 0.6) is 0 Å². The lowest BCUT2D eigenvalue weighted by molar-refractivity contribution is -0.116. The van der Waals surface area contributed by atoms with Crippen LogP contribution in [-0.2, 0) is 4.79 Å². The molecule has 2 rings (SSSR count). The first-order valence-electron chi connectivity index (χ1n) is 7.60. The third kappa shape index (κ3) is 6.05. The lowest BCUT2D eigenvalue weighted by atomic mass is 10.1. The minimum atomic E-state index is -0.122. The molecule has 5 nitrogen and oxygen atoms in total. The molecule has 0 aliphatic carbocycles. The first kappa shape index (κ1) is 19.8. The summed E-state index contributed by atoms with van der Waals surface area (Å²) in [5.41, 5.74) is 2.22. The van der Waals surface area contributed by atoms with Crippen molar-refractivity contribution in [2.24, 2.45) is 0 Å². The van der Waals surface area contributed by atoms with E-state index in [4.69, 9.17) is 0 Å². The zero-order valence-electron chi connectivity index (χ0n) is 13.5. The second kappa shape index (κ2) is 9.80. The van der Waals surface area contributed by atoms with E-state index in [9.17, 15) is 9.59 Å². The van der Waals surface area contributed by atoms with E-state index in [1.165, 1.54) is 0 Å². The van der Waals surface area contributed by atoms with Crippen LogP contribution in [0, 0.1) is 6.92 Å². The van der Waals surface area contributed by atoms with Gasteiger partial charge in [0.2, 0.25) is 5.91 Å².